The minimum Gasteiger partial charge on any atom is -0.865 e. The molecular weight excluding hydrogens is 322 g/mol. The molecule has 0 aliphatic carbocycles. The first kappa shape index (κ1) is 19.1. The lowest BCUT2D eigenvalue weighted by Crippen LogP contribution is -2.16. The lowest BCUT2D eigenvalue weighted by molar-refractivity contribution is -0.398. The van der Waals surface area contributed by atoms with E-state index in [1.807, 2.05) is 0 Å². The normalized spacial score (nSPS) is 11.0. The van der Waals surface area contributed by atoms with Gasteiger partial charge >= 0.3 is 5.97 Å². The summed E-state index contributed by atoms with van der Waals surface area (Å²) < 4.78 is 14.4. The smallest absolute Gasteiger partial charge is 0.341 e. The number of carbonyl (C=O) groups is 2. The van der Waals surface area contributed by atoms with Crippen LogP contribution in [0.25, 0.3) is 6.08 Å². The summed E-state index contributed by atoms with van der Waals surface area (Å²) >= 11 is 0. The molecule has 0 fully saturated rings. The highest BCUT2D eigenvalue weighted by Crippen LogP contribution is 2.35. The molecule has 1 aromatic carbocycles. The van der Waals surface area contributed by atoms with Gasteiger partial charge in [0.2, 0.25) is 0 Å². The summed E-state index contributed by atoms with van der Waals surface area (Å²) in [6, 6.07) is 2.15. The van der Waals surface area contributed by atoms with Gasteiger partial charge in [-0.05, 0) is 24.6 Å². The Morgan fingerprint density at radius 3 is 2.42 bits per heavy atom. The van der Waals surface area contributed by atoms with Crippen molar-refractivity contribution in [3.8, 4) is 11.5 Å². The Balaban J connectivity index is 3.27. The van der Waals surface area contributed by atoms with Gasteiger partial charge in [0.25, 0.3) is 5.69 Å². The van der Waals surface area contributed by atoms with Crippen LogP contribution in [0.15, 0.2) is 17.7 Å². The zero-order chi connectivity index (χ0) is 18.3. The molecule has 0 aliphatic heterocycles. The summed E-state index contributed by atoms with van der Waals surface area (Å²) in [5, 5.41) is 22.7. The maximum Gasteiger partial charge on any atom is 0.341 e. The van der Waals surface area contributed by atoms with Crippen LogP contribution in [-0.2, 0) is 19.1 Å². The molecule has 0 aliphatic rings. The van der Waals surface area contributed by atoms with Crippen LogP contribution in [0.5, 0.6) is 11.5 Å². The van der Waals surface area contributed by atoms with E-state index >= 15 is 0 Å². The molecule has 1 rings (SSSR count). The minimum atomic E-state index is -0.897. The van der Waals surface area contributed by atoms with Gasteiger partial charge in [-0.1, -0.05) is 0 Å². The Morgan fingerprint density at radius 2 is 1.92 bits per heavy atom. The molecule has 1 aromatic rings. The molecule has 0 amide bonds. The first-order valence-electron chi connectivity index (χ1n) is 6.74. The van der Waals surface area contributed by atoms with E-state index in [-0.39, 0.29) is 30.1 Å². The second-order valence-electron chi connectivity index (χ2n) is 4.57. The van der Waals surface area contributed by atoms with Crippen molar-refractivity contribution < 1.29 is 33.8 Å². The molecule has 9 nitrogen and oxygen atoms in total. The molecule has 9 heteroatoms. The van der Waals surface area contributed by atoms with Crippen LogP contribution < -0.4 is 9.84 Å². The van der Waals surface area contributed by atoms with Crippen molar-refractivity contribution in [3.05, 3.63) is 33.4 Å². The van der Waals surface area contributed by atoms with E-state index in [0.717, 1.165) is 19.1 Å². The molecule has 0 N–H and O–H groups in total. The number of nitro groups is 1. The summed E-state index contributed by atoms with van der Waals surface area (Å²) in [4.78, 5) is 33.6. The van der Waals surface area contributed by atoms with Crippen LogP contribution in [0.3, 0.4) is 0 Å². The van der Waals surface area contributed by atoms with Crippen molar-refractivity contribution in [2.45, 2.75) is 6.92 Å². The first-order valence-corrected chi connectivity index (χ1v) is 6.74. The van der Waals surface area contributed by atoms with E-state index in [0.29, 0.717) is 0 Å². The number of ketones is 1. The highest BCUT2D eigenvalue weighted by atomic mass is 16.6. The van der Waals surface area contributed by atoms with E-state index in [1.165, 1.54) is 20.3 Å². The van der Waals surface area contributed by atoms with Gasteiger partial charge in [0, 0.05) is 18.9 Å². The number of nitro benzene ring substituents is 1. The van der Waals surface area contributed by atoms with Gasteiger partial charge in [0.1, 0.15) is 17.9 Å². The molecule has 130 valence electrons. The average Bonchev–Trinajstić information content (AvgIpc) is 2.53. The molecular formula is C15H16NO8-. The molecule has 0 aromatic heterocycles. The second-order valence-corrected chi connectivity index (χ2v) is 4.57. The quantitative estimate of drug-likeness (QED) is 0.130. The lowest BCUT2D eigenvalue weighted by Gasteiger charge is -2.13. The number of nitrogens with zero attached hydrogens (tertiary/aromatic N) is 1. The maximum atomic E-state index is 11.9. The molecule has 0 spiro atoms. The van der Waals surface area contributed by atoms with Gasteiger partial charge < -0.3 is 19.3 Å². The number of benzene rings is 1. The molecule has 0 saturated carbocycles. The van der Waals surface area contributed by atoms with E-state index in [2.05, 4.69) is 0 Å². The van der Waals surface area contributed by atoms with Gasteiger partial charge in [-0.15, -0.1) is 0 Å². The van der Waals surface area contributed by atoms with E-state index in [1.54, 1.807) is 0 Å². The number of rotatable bonds is 8. The fraction of sp³-hybridized carbons (Fsp3) is 0.333. The monoisotopic (exact) mass is 338 g/mol. The van der Waals surface area contributed by atoms with Crippen LogP contribution in [0, 0.1) is 10.1 Å². The zero-order valence-corrected chi connectivity index (χ0v) is 13.4. The third-order valence-corrected chi connectivity index (χ3v) is 2.91. The molecule has 0 heterocycles. The molecule has 24 heavy (non-hydrogen) atoms. The van der Waals surface area contributed by atoms with Crippen LogP contribution >= 0.6 is 0 Å². The Labute approximate surface area is 137 Å². The fourth-order valence-electron chi connectivity index (χ4n) is 1.75. The topological polar surface area (TPSA) is 128 Å². The van der Waals surface area contributed by atoms with E-state index in [4.69, 9.17) is 14.2 Å². The highest BCUT2D eigenvalue weighted by Gasteiger charge is 2.18. The predicted octanol–water partition coefficient (Wildman–Crippen LogP) is 0.839. The standard InChI is InChI=1S/C15H17NO8/c1-9(17)11(15(19)24-5-4-22-2)6-10-7-12(16(20)21)14(18)13(8-10)23-3/h6-8,18H,4-5H2,1-3H3/p-1/b11-6+. The Kier molecular flexibility index (Phi) is 6.87. The molecule has 0 unspecified atom stereocenters. The summed E-state index contributed by atoms with van der Waals surface area (Å²) in [6.45, 7) is 1.25. The summed E-state index contributed by atoms with van der Waals surface area (Å²) in [5.41, 5.74) is -0.954. The highest BCUT2D eigenvalue weighted by molar-refractivity contribution is 6.19. The van der Waals surface area contributed by atoms with Crippen LogP contribution in [-0.4, -0.2) is 44.1 Å². The van der Waals surface area contributed by atoms with Crippen LogP contribution in [0.4, 0.5) is 5.69 Å². The average molecular weight is 338 g/mol. The summed E-state index contributed by atoms with van der Waals surface area (Å²) in [7, 11) is 2.60. The minimum absolute atomic E-state index is 0.0527. The van der Waals surface area contributed by atoms with Gasteiger partial charge in [-0.25, -0.2) is 4.79 Å². The molecule has 0 bridgehead atoms. The van der Waals surface area contributed by atoms with Gasteiger partial charge in [-0.3, -0.25) is 14.9 Å². The van der Waals surface area contributed by atoms with Crippen molar-refractivity contribution in [3.63, 3.8) is 0 Å². The fourth-order valence-corrected chi connectivity index (χ4v) is 1.75. The first-order chi connectivity index (χ1) is 11.3. The van der Waals surface area contributed by atoms with E-state index in [9.17, 15) is 24.8 Å². The number of hydrogen-bond donors (Lipinski definition) is 0. The Morgan fingerprint density at radius 1 is 1.25 bits per heavy atom. The maximum absolute atomic E-state index is 11.9. The molecule has 0 saturated heterocycles. The number of carbonyl (C=O) groups excluding carboxylic acids is 2. The van der Waals surface area contributed by atoms with E-state index < -0.39 is 28.1 Å². The number of methoxy groups -OCH3 is 2. The van der Waals surface area contributed by atoms with Crippen molar-refractivity contribution in [2.24, 2.45) is 0 Å². The summed E-state index contributed by atoms with van der Waals surface area (Å²) in [5.74, 6) is -2.66. The Hall–Kier alpha value is -2.94. The Bertz CT molecular complexity index is 680. The van der Waals surface area contributed by atoms with Crippen molar-refractivity contribution in [1.29, 1.82) is 0 Å². The molecule has 0 radical (unpaired) electrons. The largest absolute Gasteiger partial charge is 0.865 e. The van der Waals surface area contributed by atoms with Crippen LogP contribution in [0.2, 0.25) is 0 Å². The second kappa shape index (κ2) is 8.63. The number of Topliss-reactive ketones (excluding diaryl/α,β-unsaturated/α-hetero) is 1. The van der Waals surface area contributed by atoms with Gasteiger partial charge in [0.15, 0.2) is 5.78 Å². The predicted molar refractivity (Wildman–Crippen MR) is 80.6 cm³/mol. The third-order valence-electron chi connectivity index (χ3n) is 2.91. The molecule has 0 atom stereocenters. The van der Waals surface area contributed by atoms with Crippen molar-refractivity contribution in [2.75, 3.05) is 27.4 Å². The zero-order valence-electron chi connectivity index (χ0n) is 13.4. The van der Waals surface area contributed by atoms with Crippen molar-refractivity contribution in [1.82, 2.24) is 0 Å². The van der Waals surface area contributed by atoms with Crippen molar-refractivity contribution >= 4 is 23.5 Å². The van der Waals surface area contributed by atoms with Gasteiger partial charge in [0.05, 0.1) is 18.6 Å². The number of hydrogen-bond acceptors (Lipinski definition) is 8. The number of esters is 1. The van der Waals surface area contributed by atoms with Crippen LogP contribution in [0.1, 0.15) is 12.5 Å². The SMILES string of the molecule is COCCOC(=O)/C(=C/c1cc(OC)c([O-])c([N+](=O)[O-])c1)C(C)=O. The third kappa shape index (κ3) is 4.78. The summed E-state index contributed by atoms with van der Waals surface area (Å²) in [6.07, 6.45) is 1.10. The number of ether oxygens (including phenoxy) is 3. The lowest BCUT2D eigenvalue weighted by atomic mass is 10.1. The van der Waals surface area contributed by atoms with Gasteiger partial charge in [-0.2, -0.15) is 0 Å².